The lowest BCUT2D eigenvalue weighted by atomic mass is 10.3. The number of nitrogens with zero attached hydrogens (tertiary/aromatic N) is 2. The van der Waals surface area contributed by atoms with Gasteiger partial charge in [0, 0.05) is 6.20 Å². The Kier molecular flexibility index (Phi) is 1.91. The van der Waals surface area contributed by atoms with Crippen LogP contribution in [0.5, 0.6) is 0 Å². The predicted octanol–water partition coefficient (Wildman–Crippen LogP) is 2.28. The molecule has 0 N–H and O–H groups in total. The van der Waals surface area contributed by atoms with Gasteiger partial charge in [0.2, 0.25) is 0 Å². The van der Waals surface area contributed by atoms with Gasteiger partial charge in [-0.05, 0) is 36.5 Å². The van der Waals surface area contributed by atoms with Crippen molar-refractivity contribution in [1.82, 2.24) is 4.57 Å². The third kappa shape index (κ3) is 1.13. The lowest BCUT2D eigenvalue weighted by Crippen LogP contribution is -2.30. The molecule has 0 unspecified atom stereocenters. The molecule has 3 rings (SSSR count). The molecule has 78 valence electrons. The Morgan fingerprint density at radius 1 is 1.00 bits per heavy atom. The Morgan fingerprint density at radius 3 is 2.44 bits per heavy atom. The van der Waals surface area contributed by atoms with Crippen molar-refractivity contribution in [2.24, 2.45) is 0 Å². The lowest BCUT2D eigenvalue weighted by Gasteiger charge is -2.15. The maximum atomic E-state index is 12.1. The molecule has 4 heteroatoms. The largest absolute Gasteiger partial charge is 0.288 e. The van der Waals surface area contributed by atoms with Crippen LogP contribution in [-0.4, -0.2) is 15.6 Å². The van der Waals surface area contributed by atoms with Crippen LogP contribution >= 0.6 is 12.2 Å². The highest BCUT2D eigenvalue weighted by Gasteiger charge is 2.32. The van der Waals surface area contributed by atoms with Gasteiger partial charge in [0.25, 0.3) is 5.91 Å². The number of rotatable bonds is 1. The van der Waals surface area contributed by atoms with Gasteiger partial charge in [0.05, 0.1) is 5.69 Å². The molecule has 0 atom stereocenters. The summed E-state index contributed by atoms with van der Waals surface area (Å²) >= 11 is 5.28. The van der Waals surface area contributed by atoms with Crippen molar-refractivity contribution in [3.05, 3.63) is 54.4 Å². The topological polar surface area (TPSA) is 25.2 Å². The van der Waals surface area contributed by atoms with Crippen LogP contribution in [0.3, 0.4) is 0 Å². The summed E-state index contributed by atoms with van der Waals surface area (Å²) in [6.07, 6.45) is 1.80. The summed E-state index contributed by atoms with van der Waals surface area (Å²) in [6, 6.07) is 13.0. The lowest BCUT2D eigenvalue weighted by molar-refractivity contribution is 0.101. The van der Waals surface area contributed by atoms with E-state index in [1.165, 1.54) is 0 Å². The summed E-state index contributed by atoms with van der Waals surface area (Å²) < 4.78 is 1.73. The van der Waals surface area contributed by atoms with E-state index in [4.69, 9.17) is 12.2 Å². The second-order valence-corrected chi connectivity index (χ2v) is 3.89. The average Bonchev–Trinajstić information content (AvgIpc) is 2.86. The van der Waals surface area contributed by atoms with Crippen molar-refractivity contribution in [2.45, 2.75) is 0 Å². The third-order valence-electron chi connectivity index (χ3n) is 2.58. The van der Waals surface area contributed by atoms with Crippen molar-refractivity contribution in [1.29, 1.82) is 0 Å². The predicted molar refractivity (Wildman–Crippen MR) is 65.7 cm³/mol. The Balaban J connectivity index is 2.11. The molecule has 1 aliphatic heterocycles. The standard InChI is InChI=1S/C12H8N2OS/c15-11-10-7-4-8-13(10)12(16)14(11)9-5-2-1-3-6-9/h1-8H. The van der Waals surface area contributed by atoms with Gasteiger partial charge in [0.1, 0.15) is 5.69 Å². The monoisotopic (exact) mass is 228 g/mol. The molecule has 1 aliphatic rings. The van der Waals surface area contributed by atoms with Crippen LogP contribution in [0.4, 0.5) is 5.69 Å². The van der Waals surface area contributed by atoms with E-state index in [1.54, 1.807) is 21.7 Å². The Bertz CT molecular complexity index is 543. The highest BCUT2D eigenvalue weighted by Crippen LogP contribution is 2.24. The smallest absolute Gasteiger partial charge is 0.281 e. The number of hydrogen-bond acceptors (Lipinski definition) is 2. The molecular formula is C12H8N2OS. The molecule has 0 fully saturated rings. The fraction of sp³-hybridized carbons (Fsp3) is 0. The van der Waals surface area contributed by atoms with Crippen LogP contribution in [0, 0.1) is 0 Å². The molecule has 3 nitrogen and oxygen atoms in total. The van der Waals surface area contributed by atoms with E-state index in [2.05, 4.69) is 0 Å². The first-order chi connectivity index (χ1) is 7.79. The Labute approximate surface area is 97.9 Å². The molecule has 0 aliphatic carbocycles. The minimum absolute atomic E-state index is 0.0683. The average molecular weight is 228 g/mol. The first-order valence-electron chi connectivity index (χ1n) is 4.90. The summed E-state index contributed by atoms with van der Waals surface area (Å²) in [4.78, 5) is 13.6. The second-order valence-electron chi connectivity index (χ2n) is 3.52. The van der Waals surface area contributed by atoms with Crippen molar-refractivity contribution in [3.8, 4) is 0 Å². The maximum absolute atomic E-state index is 12.1. The number of carbonyl (C=O) groups excluding carboxylic acids is 1. The van der Waals surface area contributed by atoms with Crippen LogP contribution in [0.2, 0.25) is 0 Å². The molecular weight excluding hydrogens is 220 g/mol. The number of hydrogen-bond donors (Lipinski definition) is 0. The highest BCUT2D eigenvalue weighted by atomic mass is 32.1. The zero-order valence-electron chi connectivity index (χ0n) is 8.33. The van der Waals surface area contributed by atoms with Gasteiger partial charge in [-0.25, -0.2) is 0 Å². The Morgan fingerprint density at radius 2 is 1.75 bits per heavy atom. The Hall–Kier alpha value is -1.94. The quantitative estimate of drug-likeness (QED) is 0.700. The van der Waals surface area contributed by atoms with E-state index < -0.39 is 0 Å². The summed E-state index contributed by atoms with van der Waals surface area (Å²) in [5, 5.41) is 0.510. The zero-order valence-corrected chi connectivity index (χ0v) is 9.15. The molecule has 1 aromatic heterocycles. The van der Waals surface area contributed by atoms with Crippen molar-refractivity contribution < 1.29 is 4.79 Å². The summed E-state index contributed by atoms with van der Waals surface area (Å²) in [5.74, 6) is -0.0683. The van der Waals surface area contributed by atoms with Crippen molar-refractivity contribution in [2.75, 3.05) is 4.90 Å². The zero-order chi connectivity index (χ0) is 11.1. The molecule has 0 saturated carbocycles. The van der Waals surface area contributed by atoms with Gasteiger partial charge in [-0.3, -0.25) is 14.3 Å². The highest BCUT2D eigenvalue weighted by molar-refractivity contribution is 7.80. The molecule has 1 amide bonds. The van der Waals surface area contributed by atoms with Crippen LogP contribution in [0.25, 0.3) is 0 Å². The molecule has 16 heavy (non-hydrogen) atoms. The SMILES string of the molecule is O=C1c2cccn2C(=S)N1c1ccccc1. The summed E-state index contributed by atoms with van der Waals surface area (Å²) in [5.41, 5.74) is 1.43. The molecule has 2 heterocycles. The first kappa shape index (κ1) is 9.30. The van der Waals surface area contributed by atoms with Crippen molar-refractivity contribution in [3.63, 3.8) is 0 Å². The van der Waals surface area contributed by atoms with Crippen LogP contribution in [0.15, 0.2) is 48.7 Å². The summed E-state index contributed by atoms with van der Waals surface area (Å²) in [6.45, 7) is 0. The number of aromatic nitrogens is 1. The molecule has 1 aromatic carbocycles. The molecule has 0 saturated heterocycles. The van der Waals surface area contributed by atoms with Gasteiger partial charge >= 0.3 is 0 Å². The van der Waals surface area contributed by atoms with E-state index in [1.807, 2.05) is 36.4 Å². The number of carbonyl (C=O) groups is 1. The van der Waals surface area contributed by atoms with Crippen LogP contribution in [-0.2, 0) is 0 Å². The van der Waals surface area contributed by atoms with Gasteiger partial charge in [-0.15, -0.1) is 0 Å². The van der Waals surface area contributed by atoms with Gasteiger partial charge < -0.3 is 0 Å². The van der Waals surface area contributed by atoms with E-state index in [0.29, 0.717) is 10.8 Å². The van der Waals surface area contributed by atoms with Crippen LogP contribution in [0.1, 0.15) is 10.5 Å². The number of thiocarbonyl (C=S) groups is 1. The minimum Gasteiger partial charge on any atom is -0.288 e. The number of anilines is 1. The molecule has 0 bridgehead atoms. The van der Waals surface area contributed by atoms with Gasteiger partial charge in [-0.2, -0.15) is 0 Å². The van der Waals surface area contributed by atoms with E-state index in [0.717, 1.165) is 5.69 Å². The molecule has 2 aromatic rings. The minimum atomic E-state index is -0.0683. The maximum Gasteiger partial charge on any atom is 0.281 e. The van der Waals surface area contributed by atoms with E-state index >= 15 is 0 Å². The van der Waals surface area contributed by atoms with E-state index in [9.17, 15) is 4.79 Å². The molecule has 0 spiro atoms. The van der Waals surface area contributed by atoms with Gasteiger partial charge in [0.15, 0.2) is 5.11 Å². The number of fused-ring (bicyclic) bond motifs is 1. The normalized spacial score (nSPS) is 14.4. The third-order valence-corrected chi connectivity index (χ3v) is 2.96. The van der Waals surface area contributed by atoms with Gasteiger partial charge in [-0.1, -0.05) is 18.2 Å². The van der Waals surface area contributed by atoms with Crippen molar-refractivity contribution >= 4 is 28.9 Å². The number of amides is 1. The summed E-state index contributed by atoms with van der Waals surface area (Å²) in [7, 11) is 0. The number of para-hydroxylation sites is 1. The second kappa shape index (κ2) is 3.28. The van der Waals surface area contributed by atoms with Crippen LogP contribution < -0.4 is 4.90 Å². The number of benzene rings is 1. The molecule has 0 radical (unpaired) electrons. The fourth-order valence-electron chi connectivity index (χ4n) is 1.84. The first-order valence-corrected chi connectivity index (χ1v) is 5.31. The fourth-order valence-corrected chi connectivity index (χ4v) is 2.18. The van der Waals surface area contributed by atoms with E-state index in [-0.39, 0.29) is 5.91 Å².